The topological polar surface area (TPSA) is 107 Å². The number of hydrogen-bond donors (Lipinski definition) is 1. The highest BCUT2D eigenvalue weighted by Gasteiger charge is 2.42. The van der Waals surface area contributed by atoms with Gasteiger partial charge in [-0.1, -0.05) is 12.1 Å². The van der Waals surface area contributed by atoms with Gasteiger partial charge in [-0.15, -0.1) is 0 Å². The molecule has 0 radical (unpaired) electrons. The lowest BCUT2D eigenvalue weighted by Crippen LogP contribution is -2.43. The largest absolute Gasteiger partial charge is 0.451 e. The summed E-state index contributed by atoms with van der Waals surface area (Å²) in [5, 5.41) is 0. The van der Waals surface area contributed by atoms with Crippen LogP contribution in [0.1, 0.15) is 19.8 Å². The van der Waals surface area contributed by atoms with E-state index < -0.39 is 44.8 Å². The third-order valence-electron chi connectivity index (χ3n) is 3.59. The summed E-state index contributed by atoms with van der Waals surface area (Å²) in [4.78, 5) is 22.6. The van der Waals surface area contributed by atoms with E-state index in [1.807, 2.05) is 0 Å². The number of hydrogen-bond acceptors (Lipinski definition) is 5. The molecule has 0 bridgehead atoms. The first-order valence-corrected chi connectivity index (χ1v) is 8.45. The van der Waals surface area contributed by atoms with Gasteiger partial charge >= 0.3 is 5.97 Å². The van der Waals surface area contributed by atoms with Gasteiger partial charge < -0.3 is 10.5 Å². The number of ether oxygens (including phenoxy) is 1. The fourth-order valence-corrected chi connectivity index (χ4v) is 4.07. The molecule has 1 saturated heterocycles. The van der Waals surface area contributed by atoms with Crippen molar-refractivity contribution >= 4 is 21.9 Å². The van der Waals surface area contributed by atoms with Crippen molar-refractivity contribution in [1.82, 2.24) is 4.31 Å². The maximum absolute atomic E-state index is 13.8. The smallest absolute Gasteiger partial charge is 0.325 e. The summed E-state index contributed by atoms with van der Waals surface area (Å²) in [6.07, 6.45) is -0.503. The summed E-state index contributed by atoms with van der Waals surface area (Å²) in [7, 11) is -4.18. The minimum Gasteiger partial charge on any atom is -0.451 e. The van der Waals surface area contributed by atoms with Gasteiger partial charge in [0, 0.05) is 6.54 Å². The third-order valence-corrected chi connectivity index (χ3v) is 5.53. The van der Waals surface area contributed by atoms with E-state index in [4.69, 9.17) is 10.5 Å². The van der Waals surface area contributed by atoms with E-state index >= 15 is 0 Å². The number of benzene rings is 1. The summed E-state index contributed by atoms with van der Waals surface area (Å²) in [6, 6.07) is 3.84. The molecule has 1 aliphatic rings. The van der Waals surface area contributed by atoms with Crippen LogP contribution in [-0.2, 0) is 24.3 Å². The van der Waals surface area contributed by atoms with E-state index in [0.717, 1.165) is 16.4 Å². The lowest BCUT2D eigenvalue weighted by Gasteiger charge is -2.23. The Balaban J connectivity index is 2.26. The second kappa shape index (κ2) is 6.63. The molecule has 0 aromatic heterocycles. The van der Waals surface area contributed by atoms with Gasteiger partial charge in [-0.05, 0) is 31.9 Å². The molecular formula is C14H17FN2O5S. The average Bonchev–Trinajstić information content (AvgIpc) is 2.97. The number of rotatable bonds is 5. The number of amides is 1. The second-order valence-electron chi connectivity index (χ2n) is 5.19. The SMILES string of the molecule is C[C@H](OC(=O)[C@@H]1CCCN1S(=O)(=O)c1ccccc1F)C(N)=O. The predicted octanol–water partition coefficient (Wildman–Crippen LogP) is 0.396. The molecule has 9 heteroatoms. The van der Waals surface area contributed by atoms with Crippen LogP contribution in [0.2, 0.25) is 0 Å². The second-order valence-corrected chi connectivity index (χ2v) is 7.04. The molecule has 23 heavy (non-hydrogen) atoms. The molecule has 7 nitrogen and oxygen atoms in total. The quantitative estimate of drug-likeness (QED) is 0.778. The highest BCUT2D eigenvalue weighted by atomic mass is 32.2. The van der Waals surface area contributed by atoms with Crippen LogP contribution in [0.5, 0.6) is 0 Å². The van der Waals surface area contributed by atoms with E-state index in [2.05, 4.69) is 0 Å². The average molecular weight is 344 g/mol. The van der Waals surface area contributed by atoms with Gasteiger partial charge in [0.15, 0.2) is 6.10 Å². The summed E-state index contributed by atoms with van der Waals surface area (Å²) in [6.45, 7) is 1.37. The molecule has 2 rings (SSSR count). The molecule has 1 fully saturated rings. The predicted molar refractivity (Wildman–Crippen MR) is 78.1 cm³/mol. The minimum absolute atomic E-state index is 0.0708. The van der Waals surface area contributed by atoms with Gasteiger partial charge in [-0.3, -0.25) is 9.59 Å². The van der Waals surface area contributed by atoms with Gasteiger partial charge in [-0.25, -0.2) is 12.8 Å². The van der Waals surface area contributed by atoms with Crippen molar-refractivity contribution in [3.63, 3.8) is 0 Å². The number of halogens is 1. The van der Waals surface area contributed by atoms with Crippen molar-refractivity contribution in [1.29, 1.82) is 0 Å². The minimum atomic E-state index is -4.18. The highest BCUT2D eigenvalue weighted by Crippen LogP contribution is 2.28. The summed E-state index contributed by atoms with van der Waals surface area (Å²) < 4.78 is 44.7. The van der Waals surface area contributed by atoms with Crippen molar-refractivity contribution in [2.45, 2.75) is 36.8 Å². The van der Waals surface area contributed by atoms with Crippen LogP contribution >= 0.6 is 0 Å². The Labute approximate surface area is 133 Å². The van der Waals surface area contributed by atoms with E-state index in [0.29, 0.717) is 6.42 Å². The van der Waals surface area contributed by atoms with E-state index in [-0.39, 0.29) is 13.0 Å². The van der Waals surface area contributed by atoms with Crippen molar-refractivity contribution in [3.05, 3.63) is 30.1 Å². The Hall–Kier alpha value is -2.00. The van der Waals surface area contributed by atoms with Crippen molar-refractivity contribution < 1.29 is 27.1 Å². The maximum atomic E-state index is 13.8. The lowest BCUT2D eigenvalue weighted by atomic mass is 10.2. The first-order valence-electron chi connectivity index (χ1n) is 7.01. The zero-order valence-corrected chi connectivity index (χ0v) is 13.3. The molecule has 126 valence electrons. The van der Waals surface area contributed by atoms with E-state index in [1.54, 1.807) is 0 Å². The van der Waals surface area contributed by atoms with Crippen LogP contribution in [0, 0.1) is 5.82 Å². The summed E-state index contributed by atoms with van der Waals surface area (Å²) in [5.41, 5.74) is 5.02. The van der Waals surface area contributed by atoms with Crippen LogP contribution < -0.4 is 5.73 Å². The summed E-state index contributed by atoms with van der Waals surface area (Å²) >= 11 is 0. The molecule has 1 aliphatic heterocycles. The number of sulfonamides is 1. The Kier molecular flexibility index (Phi) is 5.00. The Morgan fingerprint density at radius 1 is 1.39 bits per heavy atom. The van der Waals surface area contributed by atoms with Crippen LogP contribution in [0.25, 0.3) is 0 Å². The fourth-order valence-electron chi connectivity index (χ4n) is 2.35. The number of primary amides is 1. The number of esters is 1. The fraction of sp³-hybridized carbons (Fsp3) is 0.429. The Morgan fingerprint density at radius 3 is 2.65 bits per heavy atom. The molecule has 1 heterocycles. The molecule has 1 aromatic rings. The van der Waals surface area contributed by atoms with Gasteiger partial charge in [0.2, 0.25) is 10.0 Å². The summed E-state index contributed by atoms with van der Waals surface area (Å²) in [5.74, 6) is -2.59. The molecular weight excluding hydrogens is 327 g/mol. The number of nitrogens with two attached hydrogens (primary N) is 1. The first kappa shape index (κ1) is 17.4. The molecule has 2 N–H and O–H groups in total. The molecule has 0 unspecified atom stereocenters. The normalized spacial score (nSPS) is 20.2. The highest BCUT2D eigenvalue weighted by molar-refractivity contribution is 7.89. The first-order chi connectivity index (χ1) is 10.7. The third kappa shape index (κ3) is 3.50. The lowest BCUT2D eigenvalue weighted by molar-refractivity contribution is -0.156. The van der Waals surface area contributed by atoms with Gasteiger partial charge in [0.05, 0.1) is 0 Å². The van der Waals surface area contributed by atoms with E-state index in [1.165, 1.54) is 19.1 Å². The van der Waals surface area contributed by atoms with Crippen LogP contribution in [-0.4, -0.2) is 43.3 Å². The van der Waals surface area contributed by atoms with Crippen molar-refractivity contribution in [2.75, 3.05) is 6.54 Å². The molecule has 0 aliphatic carbocycles. The monoisotopic (exact) mass is 344 g/mol. The van der Waals surface area contributed by atoms with Crippen LogP contribution in [0.4, 0.5) is 4.39 Å². The van der Waals surface area contributed by atoms with Gasteiger partial charge in [0.25, 0.3) is 5.91 Å². The van der Waals surface area contributed by atoms with Gasteiger partial charge in [-0.2, -0.15) is 4.31 Å². The molecule has 2 atom stereocenters. The van der Waals surface area contributed by atoms with Gasteiger partial charge in [0.1, 0.15) is 16.8 Å². The van der Waals surface area contributed by atoms with Crippen LogP contribution in [0.15, 0.2) is 29.2 Å². The van der Waals surface area contributed by atoms with Crippen molar-refractivity contribution in [3.8, 4) is 0 Å². The van der Waals surface area contributed by atoms with Crippen LogP contribution in [0.3, 0.4) is 0 Å². The molecule has 1 amide bonds. The standard InChI is InChI=1S/C14H17FN2O5S/c1-9(13(16)18)22-14(19)11-6-4-8-17(11)23(20,21)12-7-3-2-5-10(12)15/h2-3,5,7,9,11H,4,6,8H2,1H3,(H2,16,18)/t9-,11-/m0/s1. The zero-order chi connectivity index (χ0) is 17.2. The molecule has 0 saturated carbocycles. The van der Waals surface area contributed by atoms with E-state index in [9.17, 15) is 22.4 Å². The Morgan fingerprint density at radius 2 is 2.04 bits per heavy atom. The molecule has 0 spiro atoms. The maximum Gasteiger partial charge on any atom is 0.325 e. The number of nitrogens with zero attached hydrogens (tertiary/aromatic N) is 1. The number of carbonyl (C=O) groups excluding carboxylic acids is 2. The number of carbonyl (C=O) groups is 2. The molecule has 1 aromatic carbocycles. The van der Waals surface area contributed by atoms with Crippen molar-refractivity contribution in [2.24, 2.45) is 5.73 Å². The zero-order valence-electron chi connectivity index (χ0n) is 12.4. The Bertz CT molecular complexity index is 722.